The molecule has 0 saturated heterocycles. The highest BCUT2D eigenvalue weighted by Gasteiger charge is 2.17. The summed E-state index contributed by atoms with van der Waals surface area (Å²) < 4.78 is 12.8. The van der Waals surface area contributed by atoms with Gasteiger partial charge in [0.2, 0.25) is 5.75 Å². The summed E-state index contributed by atoms with van der Waals surface area (Å²) >= 11 is 0. The van der Waals surface area contributed by atoms with Crippen LogP contribution in [-0.2, 0) is 7.05 Å². The van der Waals surface area contributed by atoms with E-state index in [9.17, 15) is 4.79 Å². The first-order valence-electron chi connectivity index (χ1n) is 8.73. The Labute approximate surface area is 154 Å². The average Bonchev–Trinajstić information content (AvgIpc) is 2.59. The van der Waals surface area contributed by atoms with Crippen molar-refractivity contribution in [2.75, 3.05) is 19.5 Å². The molecular formula is C21H28N2O3. The van der Waals surface area contributed by atoms with Gasteiger partial charge >= 0.3 is 0 Å². The lowest BCUT2D eigenvalue weighted by molar-refractivity contribution is 0.321. The van der Waals surface area contributed by atoms with Crippen LogP contribution in [0, 0.1) is 0 Å². The first-order valence-corrected chi connectivity index (χ1v) is 8.73. The third kappa shape index (κ3) is 4.48. The minimum atomic E-state index is -0.240. The Bertz CT molecular complexity index is 904. The first kappa shape index (κ1) is 19.6. The minimum absolute atomic E-state index is 0.223. The normalized spacial score (nSPS) is 11.5. The number of rotatable bonds is 7. The number of nitrogen functional groups attached to an aromatic ring is 1. The summed E-state index contributed by atoms with van der Waals surface area (Å²) in [5.41, 5.74) is 9.46. The van der Waals surface area contributed by atoms with Gasteiger partial charge in [-0.25, -0.2) is 0 Å². The molecule has 1 heterocycles. The molecule has 0 aliphatic rings. The fourth-order valence-corrected chi connectivity index (χ4v) is 2.79. The number of anilines is 1. The lowest BCUT2D eigenvalue weighted by atomic mass is 10.1. The van der Waals surface area contributed by atoms with E-state index in [1.165, 1.54) is 22.8 Å². The van der Waals surface area contributed by atoms with Crippen LogP contribution in [0.3, 0.4) is 0 Å². The van der Waals surface area contributed by atoms with Gasteiger partial charge in [-0.15, -0.1) is 0 Å². The Morgan fingerprint density at radius 2 is 1.92 bits per heavy atom. The van der Waals surface area contributed by atoms with Crippen LogP contribution < -0.4 is 20.8 Å². The topological polar surface area (TPSA) is 66.5 Å². The van der Waals surface area contributed by atoms with E-state index in [1.807, 2.05) is 12.1 Å². The van der Waals surface area contributed by atoms with Gasteiger partial charge in [0.15, 0.2) is 5.75 Å². The van der Waals surface area contributed by atoms with Gasteiger partial charge in [0.25, 0.3) is 5.56 Å². The highest BCUT2D eigenvalue weighted by atomic mass is 16.5. The molecule has 0 radical (unpaired) electrons. The molecule has 0 unspecified atom stereocenters. The van der Waals surface area contributed by atoms with Gasteiger partial charge in [0.1, 0.15) is 6.61 Å². The standard InChI is InChI=1S/C21H28N2O3/c1-14(2)7-6-8-15(3)11-12-26-20-19(25-5)17-10-9-16(22)13-18(17)23(4)21(20)24/h7,9-11,13H,6,8,12,22H2,1-5H3/b15-11+. The number of aryl methyl sites for hydroxylation is 1. The highest BCUT2D eigenvalue weighted by molar-refractivity contribution is 5.90. The quantitative estimate of drug-likeness (QED) is 0.596. The lowest BCUT2D eigenvalue weighted by Gasteiger charge is -2.15. The molecule has 5 heteroatoms. The van der Waals surface area contributed by atoms with Gasteiger partial charge in [0, 0.05) is 18.1 Å². The molecule has 5 nitrogen and oxygen atoms in total. The summed E-state index contributed by atoms with van der Waals surface area (Å²) in [6.45, 7) is 6.59. The molecule has 0 saturated carbocycles. The second kappa shape index (κ2) is 8.61. The number of hydrogen-bond donors (Lipinski definition) is 1. The van der Waals surface area contributed by atoms with Crippen LogP contribution >= 0.6 is 0 Å². The molecule has 1 aromatic carbocycles. The summed E-state index contributed by atoms with van der Waals surface area (Å²) in [5, 5.41) is 0.794. The Morgan fingerprint density at radius 3 is 2.58 bits per heavy atom. The Hall–Kier alpha value is -2.69. The third-order valence-electron chi connectivity index (χ3n) is 4.29. The van der Waals surface area contributed by atoms with E-state index in [2.05, 4.69) is 26.8 Å². The molecule has 0 bridgehead atoms. The zero-order valence-electron chi connectivity index (χ0n) is 16.3. The van der Waals surface area contributed by atoms with Crippen LogP contribution in [0.25, 0.3) is 10.9 Å². The van der Waals surface area contributed by atoms with Crippen molar-refractivity contribution in [1.82, 2.24) is 4.57 Å². The summed E-state index contributed by atoms with van der Waals surface area (Å²) in [6.07, 6.45) is 6.20. The molecule has 0 aliphatic carbocycles. The molecule has 0 amide bonds. The molecule has 2 rings (SSSR count). The van der Waals surface area contributed by atoms with Crippen LogP contribution in [0.15, 0.2) is 46.3 Å². The minimum Gasteiger partial charge on any atom is -0.492 e. The van der Waals surface area contributed by atoms with Crippen molar-refractivity contribution in [3.8, 4) is 11.5 Å². The molecule has 2 aromatic rings. The molecule has 140 valence electrons. The Kier molecular flexibility index (Phi) is 6.50. The van der Waals surface area contributed by atoms with E-state index in [0.717, 1.165) is 18.2 Å². The van der Waals surface area contributed by atoms with Gasteiger partial charge in [0.05, 0.1) is 12.6 Å². The largest absolute Gasteiger partial charge is 0.492 e. The van der Waals surface area contributed by atoms with Crippen LogP contribution in [0.5, 0.6) is 11.5 Å². The van der Waals surface area contributed by atoms with Crippen molar-refractivity contribution in [3.05, 3.63) is 51.9 Å². The van der Waals surface area contributed by atoms with Crippen molar-refractivity contribution in [1.29, 1.82) is 0 Å². The molecule has 0 fully saturated rings. The maximum absolute atomic E-state index is 12.7. The number of nitrogens with two attached hydrogens (primary N) is 1. The van der Waals surface area contributed by atoms with Crippen molar-refractivity contribution >= 4 is 16.6 Å². The summed E-state index contributed by atoms with van der Waals surface area (Å²) in [6, 6.07) is 5.39. The van der Waals surface area contributed by atoms with E-state index in [4.69, 9.17) is 15.2 Å². The number of fused-ring (bicyclic) bond motifs is 1. The number of ether oxygens (including phenoxy) is 2. The molecular weight excluding hydrogens is 328 g/mol. The number of methoxy groups -OCH3 is 1. The SMILES string of the molecule is COc1c(OC/C=C(\C)CCC=C(C)C)c(=O)n(C)c2cc(N)ccc12. The third-order valence-corrected chi connectivity index (χ3v) is 4.29. The zero-order valence-corrected chi connectivity index (χ0v) is 16.3. The summed E-state index contributed by atoms with van der Waals surface area (Å²) in [4.78, 5) is 12.7. The number of nitrogens with zero attached hydrogens (tertiary/aromatic N) is 1. The number of benzene rings is 1. The maximum Gasteiger partial charge on any atom is 0.297 e. The predicted octanol–water partition coefficient (Wildman–Crippen LogP) is 4.20. The van der Waals surface area contributed by atoms with Gasteiger partial charge in [-0.1, -0.05) is 17.2 Å². The predicted molar refractivity (Wildman–Crippen MR) is 108 cm³/mol. The van der Waals surface area contributed by atoms with E-state index < -0.39 is 0 Å². The van der Waals surface area contributed by atoms with Gasteiger partial charge in [-0.05, 0) is 57.9 Å². The van der Waals surface area contributed by atoms with E-state index in [-0.39, 0.29) is 11.3 Å². The molecule has 0 spiro atoms. The number of hydrogen-bond acceptors (Lipinski definition) is 4. The summed E-state index contributed by atoms with van der Waals surface area (Å²) in [7, 11) is 3.24. The van der Waals surface area contributed by atoms with Gasteiger partial charge < -0.3 is 19.8 Å². The Morgan fingerprint density at radius 1 is 1.19 bits per heavy atom. The molecule has 26 heavy (non-hydrogen) atoms. The van der Waals surface area contributed by atoms with E-state index >= 15 is 0 Å². The number of pyridine rings is 1. The smallest absolute Gasteiger partial charge is 0.297 e. The van der Waals surface area contributed by atoms with Crippen LogP contribution in [0.2, 0.25) is 0 Å². The van der Waals surface area contributed by atoms with Crippen molar-refractivity contribution in [2.45, 2.75) is 33.6 Å². The molecule has 2 N–H and O–H groups in total. The monoisotopic (exact) mass is 356 g/mol. The lowest BCUT2D eigenvalue weighted by Crippen LogP contribution is -2.21. The fourth-order valence-electron chi connectivity index (χ4n) is 2.79. The highest BCUT2D eigenvalue weighted by Crippen LogP contribution is 2.33. The zero-order chi connectivity index (χ0) is 19.3. The van der Waals surface area contributed by atoms with Crippen LogP contribution in [0.4, 0.5) is 5.69 Å². The maximum atomic E-state index is 12.7. The number of allylic oxidation sites excluding steroid dienone is 3. The van der Waals surface area contributed by atoms with E-state index in [0.29, 0.717) is 23.6 Å². The summed E-state index contributed by atoms with van der Waals surface area (Å²) in [5.74, 6) is 0.666. The van der Waals surface area contributed by atoms with E-state index in [1.54, 1.807) is 19.2 Å². The second-order valence-corrected chi connectivity index (χ2v) is 6.68. The molecule has 1 aromatic heterocycles. The Balaban J connectivity index is 2.27. The second-order valence-electron chi connectivity index (χ2n) is 6.68. The van der Waals surface area contributed by atoms with Gasteiger partial charge in [-0.3, -0.25) is 4.79 Å². The van der Waals surface area contributed by atoms with Crippen LogP contribution in [0.1, 0.15) is 33.6 Å². The molecule has 0 atom stereocenters. The van der Waals surface area contributed by atoms with Gasteiger partial charge in [-0.2, -0.15) is 0 Å². The van der Waals surface area contributed by atoms with Crippen molar-refractivity contribution in [3.63, 3.8) is 0 Å². The molecule has 0 aliphatic heterocycles. The first-order chi connectivity index (χ1) is 12.3. The number of aromatic nitrogens is 1. The van der Waals surface area contributed by atoms with Crippen molar-refractivity contribution in [2.24, 2.45) is 7.05 Å². The van der Waals surface area contributed by atoms with Crippen LogP contribution in [-0.4, -0.2) is 18.3 Å². The van der Waals surface area contributed by atoms with Crippen molar-refractivity contribution < 1.29 is 9.47 Å². The fraction of sp³-hybridized carbons (Fsp3) is 0.381. The average molecular weight is 356 g/mol.